The van der Waals surface area contributed by atoms with Gasteiger partial charge in [0.2, 0.25) is 0 Å². The van der Waals surface area contributed by atoms with Gasteiger partial charge >= 0.3 is 5.97 Å². The van der Waals surface area contributed by atoms with Gasteiger partial charge in [0.15, 0.2) is 0 Å². The molecular formula is C31H36O3. The molecule has 3 heteroatoms. The summed E-state index contributed by atoms with van der Waals surface area (Å²) in [7, 11) is 0. The van der Waals surface area contributed by atoms with Crippen LogP contribution in [0.4, 0.5) is 0 Å². The summed E-state index contributed by atoms with van der Waals surface area (Å²) in [6.45, 7) is 2.52. The molecule has 0 spiro atoms. The molecule has 0 unspecified atom stereocenters. The van der Waals surface area contributed by atoms with Crippen molar-refractivity contribution in [1.29, 1.82) is 0 Å². The first kappa shape index (κ1) is 21.9. The average molecular weight is 457 g/mol. The molecule has 178 valence electrons. The number of rotatable bonds is 4. The smallest absolute Gasteiger partial charge is 0.343 e. The Morgan fingerprint density at radius 1 is 0.971 bits per heavy atom. The fraction of sp³-hybridized carbons (Fsp3) is 0.516. The number of carbonyl (C=O) groups is 1. The quantitative estimate of drug-likeness (QED) is 0.351. The minimum absolute atomic E-state index is 0.284. The lowest BCUT2D eigenvalue weighted by molar-refractivity contribution is -0.0414. The largest absolute Gasteiger partial charge is 0.495 e. The van der Waals surface area contributed by atoms with E-state index in [1.807, 2.05) is 24.3 Å². The van der Waals surface area contributed by atoms with E-state index in [1.54, 1.807) is 12.1 Å². The lowest BCUT2D eigenvalue weighted by Gasteiger charge is -2.50. The average Bonchev–Trinajstić information content (AvgIpc) is 3.21. The summed E-state index contributed by atoms with van der Waals surface area (Å²) < 4.78 is 12.4. The molecule has 0 saturated heterocycles. The van der Waals surface area contributed by atoms with Gasteiger partial charge in [0.1, 0.15) is 11.9 Å². The SMILES string of the molecule is C[C@]12CC[C@@H]3c4ccc(OC(=O)c5ccccc5)cc4CC[C@H]3[C@@H]1CC[C@@H]2OC1=CCCCC1. The van der Waals surface area contributed by atoms with Gasteiger partial charge in [0.25, 0.3) is 0 Å². The van der Waals surface area contributed by atoms with Gasteiger partial charge in [-0.25, -0.2) is 4.79 Å². The first-order valence-electron chi connectivity index (χ1n) is 13.4. The third kappa shape index (κ3) is 3.87. The Morgan fingerprint density at radius 2 is 1.85 bits per heavy atom. The van der Waals surface area contributed by atoms with Gasteiger partial charge in [-0.05, 0) is 117 Å². The third-order valence-corrected chi connectivity index (χ3v) is 9.37. The highest BCUT2D eigenvalue weighted by Gasteiger charge is 2.56. The van der Waals surface area contributed by atoms with Crippen LogP contribution in [0, 0.1) is 17.3 Å². The van der Waals surface area contributed by atoms with Gasteiger partial charge in [-0.1, -0.05) is 31.2 Å². The molecule has 0 amide bonds. The molecule has 2 fully saturated rings. The number of hydrogen-bond donors (Lipinski definition) is 0. The summed E-state index contributed by atoms with van der Waals surface area (Å²) in [6, 6.07) is 15.6. The lowest BCUT2D eigenvalue weighted by Crippen LogP contribution is -2.44. The fourth-order valence-electron chi connectivity index (χ4n) is 7.61. The van der Waals surface area contributed by atoms with Crippen LogP contribution in [0.3, 0.4) is 0 Å². The number of fused-ring (bicyclic) bond motifs is 5. The highest BCUT2D eigenvalue weighted by Crippen LogP contribution is 2.62. The number of allylic oxidation sites excluding steroid dienone is 2. The van der Waals surface area contributed by atoms with E-state index in [1.165, 1.54) is 68.3 Å². The molecule has 2 aromatic rings. The first-order valence-corrected chi connectivity index (χ1v) is 13.4. The van der Waals surface area contributed by atoms with Gasteiger partial charge in [0.05, 0.1) is 11.3 Å². The minimum atomic E-state index is -0.284. The molecule has 5 atom stereocenters. The summed E-state index contributed by atoms with van der Waals surface area (Å²) in [5.41, 5.74) is 3.77. The van der Waals surface area contributed by atoms with Crippen molar-refractivity contribution < 1.29 is 14.3 Å². The van der Waals surface area contributed by atoms with E-state index >= 15 is 0 Å². The van der Waals surface area contributed by atoms with Gasteiger partial charge in [-0.3, -0.25) is 0 Å². The van der Waals surface area contributed by atoms with Crippen LogP contribution in [0.1, 0.15) is 92.1 Å². The molecule has 34 heavy (non-hydrogen) atoms. The minimum Gasteiger partial charge on any atom is -0.495 e. The molecule has 3 nitrogen and oxygen atoms in total. The molecule has 0 aromatic heterocycles. The molecule has 0 aliphatic heterocycles. The predicted octanol–water partition coefficient (Wildman–Crippen LogP) is 7.61. The summed E-state index contributed by atoms with van der Waals surface area (Å²) >= 11 is 0. The molecule has 2 aromatic carbocycles. The molecular weight excluding hydrogens is 420 g/mol. The Balaban J connectivity index is 1.17. The molecule has 2 saturated carbocycles. The van der Waals surface area contributed by atoms with Crippen molar-refractivity contribution in [2.24, 2.45) is 17.3 Å². The van der Waals surface area contributed by atoms with E-state index < -0.39 is 0 Å². The second-order valence-corrected chi connectivity index (χ2v) is 11.2. The van der Waals surface area contributed by atoms with E-state index in [2.05, 4.69) is 25.1 Å². The standard InChI is InChI=1S/C31H36O3/c1-31-19-18-26-25-15-13-24(34-30(32)21-8-4-2-5-9-21)20-22(25)12-14-27(26)28(31)16-17-29(31)33-23-10-6-3-7-11-23/h2,4-5,8-10,13,15,20,26-29H,3,6-7,11-12,14,16-19H2,1H3/t26-,27-,28+,29+,31+/m1/s1. The number of ether oxygens (including phenoxy) is 2. The Labute approximate surface area is 203 Å². The summed E-state index contributed by atoms with van der Waals surface area (Å²) in [6.07, 6.45) is 15.0. The zero-order valence-electron chi connectivity index (χ0n) is 20.3. The number of benzene rings is 2. The highest BCUT2D eigenvalue weighted by molar-refractivity contribution is 5.91. The third-order valence-electron chi connectivity index (χ3n) is 9.37. The molecule has 4 aliphatic rings. The van der Waals surface area contributed by atoms with Gasteiger partial charge < -0.3 is 9.47 Å². The number of hydrogen-bond acceptors (Lipinski definition) is 3. The van der Waals surface area contributed by atoms with Crippen LogP contribution in [0.5, 0.6) is 5.75 Å². The maximum Gasteiger partial charge on any atom is 0.343 e. The van der Waals surface area contributed by atoms with E-state index in [9.17, 15) is 4.79 Å². The van der Waals surface area contributed by atoms with E-state index in [4.69, 9.17) is 9.47 Å². The van der Waals surface area contributed by atoms with Crippen LogP contribution in [0.2, 0.25) is 0 Å². The second-order valence-electron chi connectivity index (χ2n) is 11.2. The van der Waals surface area contributed by atoms with Crippen LogP contribution in [-0.4, -0.2) is 12.1 Å². The molecule has 4 aliphatic carbocycles. The topological polar surface area (TPSA) is 35.5 Å². The van der Waals surface area contributed by atoms with Crippen molar-refractivity contribution in [2.45, 2.75) is 83.2 Å². The Morgan fingerprint density at radius 3 is 2.68 bits per heavy atom. The van der Waals surface area contributed by atoms with Crippen molar-refractivity contribution in [2.75, 3.05) is 0 Å². The van der Waals surface area contributed by atoms with E-state index in [0.29, 0.717) is 28.7 Å². The number of aryl methyl sites for hydroxylation is 1. The van der Waals surface area contributed by atoms with E-state index in [0.717, 1.165) is 24.7 Å². The summed E-state index contributed by atoms with van der Waals surface area (Å²) in [5.74, 6) is 3.79. The maximum absolute atomic E-state index is 12.5. The zero-order valence-corrected chi connectivity index (χ0v) is 20.3. The van der Waals surface area contributed by atoms with Gasteiger partial charge in [-0.2, -0.15) is 0 Å². The van der Waals surface area contributed by atoms with Crippen LogP contribution < -0.4 is 4.74 Å². The highest BCUT2D eigenvalue weighted by atomic mass is 16.5. The Bertz CT molecular complexity index is 1090. The fourth-order valence-corrected chi connectivity index (χ4v) is 7.61. The van der Waals surface area contributed by atoms with Crippen molar-refractivity contribution in [1.82, 2.24) is 0 Å². The van der Waals surface area contributed by atoms with Crippen molar-refractivity contribution >= 4 is 5.97 Å². The summed E-state index contributed by atoms with van der Waals surface area (Å²) in [5, 5.41) is 0. The van der Waals surface area contributed by atoms with Crippen molar-refractivity contribution in [3.8, 4) is 5.75 Å². The van der Waals surface area contributed by atoms with Crippen LogP contribution in [0.15, 0.2) is 60.4 Å². The predicted molar refractivity (Wildman–Crippen MR) is 134 cm³/mol. The Hall–Kier alpha value is -2.55. The molecule has 0 radical (unpaired) electrons. The number of esters is 1. The molecule has 0 bridgehead atoms. The Kier molecular flexibility index (Phi) is 5.75. The summed E-state index contributed by atoms with van der Waals surface area (Å²) in [4.78, 5) is 12.5. The number of carbonyl (C=O) groups excluding carboxylic acids is 1. The van der Waals surface area contributed by atoms with Crippen LogP contribution in [0.25, 0.3) is 0 Å². The monoisotopic (exact) mass is 456 g/mol. The van der Waals surface area contributed by atoms with E-state index in [-0.39, 0.29) is 5.97 Å². The second kappa shape index (κ2) is 8.91. The molecule has 6 rings (SSSR count). The van der Waals surface area contributed by atoms with Gasteiger partial charge in [0, 0.05) is 11.8 Å². The molecule has 0 heterocycles. The first-order chi connectivity index (χ1) is 16.6. The van der Waals surface area contributed by atoms with Crippen molar-refractivity contribution in [3.05, 3.63) is 77.1 Å². The lowest BCUT2D eigenvalue weighted by atomic mass is 9.55. The molecule has 0 N–H and O–H groups in total. The normalized spacial score (nSPS) is 32.1. The zero-order chi connectivity index (χ0) is 23.1. The van der Waals surface area contributed by atoms with Crippen LogP contribution in [-0.2, 0) is 11.2 Å². The van der Waals surface area contributed by atoms with Gasteiger partial charge in [-0.15, -0.1) is 0 Å². The van der Waals surface area contributed by atoms with Crippen LogP contribution >= 0.6 is 0 Å². The van der Waals surface area contributed by atoms with Crippen molar-refractivity contribution in [3.63, 3.8) is 0 Å². The maximum atomic E-state index is 12.5.